The van der Waals surface area contributed by atoms with Crippen molar-refractivity contribution in [1.82, 2.24) is 4.90 Å². The summed E-state index contributed by atoms with van der Waals surface area (Å²) in [7, 11) is 0. The lowest BCUT2D eigenvalue weighted by molar-refractivity contribution is 0.0705. The number of halogens is 1. The van der Waals surface area contributed by atoms with Crippen LogP contribution >= 0.6 is 15.9 Å². The summed E-state index contributed by atoms with van der Waals surface area (Å²) in [6.45, 7) is 1.38. The average molecular weight is 356 g/mol. The van der Waals surface area contributed by atoms with Crippen molar-refractivity contribution in [3.8, 4) is 0 Å². The van der Waals surface area contributed by atoms with Gasteiger partial charge in [0.25, 0.3) is 5.91 Å². The van der Waals surface area contributed by atoms with Gasteiger partial charge in [-0.15, -0.1) is 0 Å². The van der Waals surface area contributed by atoms with Gasteiger partial charge in [-0.1, -0.05) is 46.3 Å². The topological polar surface area (TPSA) is 33.5 Å². The molecule has 3 nitrogen and oxygen atoms in total. The molecule has 3 aromatic rings. The summed E-state index contributed by atoms with van der Waals surface area (Å²) in [5.74, 6) is 0.360. The molecule has 0 saturated carbocycles. The third-order valence-corrected chi connectivity index (χ3v) is 4.83. The van der Waals surface area contributed by atoms with Crippen LogP contribution in [0.5, 0.6) is 0 Å². The van der Waals surface area contributed by atoms with E-state index in [1.54, 1.807) is 0 Å². The Bertz CT molecular complexity index is 868. The van der Waals surface area contributed by atoms with E-state index < -0.39 is 0 Å². The van der Waals surface area contributed by atoms with E-state index in [4.69, 9.17) is 4.42 Å². The molecule has 0 unspecified atom stereocenters. The van der Waals surface area contributed by atoms with Gasteiger partial charge in [0.05, 0.1) is 0 Å². The van der Waals surface area contributed by atoms with Gasteiger partial charge in [0, 0.05) is 22.9 Å². The summed E-state index contributed by atoms with van der Waals surface area (Å²) in [6, 6.07) is 15.8. The van der Waals surface area contributed by atoms with Crippen LogP contribution in [0.25, 0.3) is 11.0 Å². The Kier molecular flexibility index (Phi) is 3.26. The van der Waals surface area contributed by atoms with Crippen LogP contribution in [0.1, 0.15) is 21.7 Å². The first-order valence-corrected chi connectivity index (χ1v) is 8.06. The molecule has 0 radical (unpaired) electrons. The quantitative estimate of drug-likeness (QED) is 0.648. The number of benzene rings is 2. The van der Waals surface area contributed by atoms with Gasteiger partial charge in [0.1, 0.15) is 5.58 Å². The van der Waals surface area contributed by atoms with E-state index in [2.05, 4.69) is 28.1 Å². The molecule has 0 aliphatic carbocycles. The minimum atomic E-state index is -0.0439. The van der Waals surface area contributed by atoms with Gasteiger partial charge in [-0.25, -0.2) is 0 Å². The van der Waals surface area contributed by atoms with E-state index in [0.717, 1.165) is 28.4 Å². The van der Waals surface area contributed by atoms with Crippen molar-refractivity contribution in [2.45, 2.75) is 13.0 Å². The monoisotopic (exact) mass is 355 g/mol. The Morgan fingerprint density at radius 3 is 2.73 bits per heavy atom. The van der Waals surface area contributed by atoms with Crippen molar-refractivity contribution in [2.24, 2.45) is 0 Å². The lowest BCUT2D eigenvalue weighted by atomic mass is 10.00. The SMILES string of the molecule is O=C(c1cc2c(Br)cccc2o1)N1CCc2ccccc2C1. The van der Waals surface area contributed by atoms with E-state index in [1.807, 2.05) is 41.3 Å². The predicted molar refractivity (Wildman–Crippen MR) is 88.8 cm³/mol. The summed E-state index contributed by atoms with van der Waals surface area (Å²) in [5.41, 5.74) is 3.29. The van der Waals surface area contributed by atoms with E-state index in [-0.39, 0.29) is 5.91 Å². The van der Waals surface area contributed by atoms with E-state index in [9.17, 15) is 4.79 Å². The lowest BCUT2D eigenvalue weighted by Gasteiger charge is -2.28. The molecule has 0 N–H and O–H groups in total. The number of amides is 1. The molecule has 4 heteroatoms. The second-order valence-corrected chi connectivity index (χ2v) is 6.36. The molecule has 4 rings (SSSR count). The molecule has 0 saturated heterocycles. The maximum atomic E-state index is 12.7. The van der Waals surface area contributed by atoms with E-state index in [1.165, 1.54) is 11.1 Å². The number of carbonyl (C=O) groups excluding carboxylic acids is 1. The number of carbonyl (C=O) groups is 1. The first kappa shape index (κ1) is 13.6. The van der Waals surface area contributed by atoms with Gasteiger partial charge in [-0.05, 0) is 35.7 Å². The molecular formula is C18H14BrNO2. The van der Waals surface area contributed by atoms with Crippen LogP contribution in [-0.2, 0) is 13.0 Å². The summed E-state index contributed by atoms with van der Waals surface area (Å²) >= 11 is 3.49. The average Bonchev–Trinajstić information content (AvgIpc) is 2.99. The van der Waals surface area contributed by atoms with Gasteiger partial charge in [0.2, 0.25) is 0 Å². The number of nitrogens with zero attached hydrogens (tertiary/aromatic N) is 1. The molecule has 1 aromatic heterocycles. The highest BCUT2D eigenvalue weighted by Crippen LogP contribution is 2.28. The third-order valence-electron chi connectivity index (χ3n) is 4.14. The smallest absolute Gasteiger partial charge is 0.289 e. The van der Waals surface area contributed by atoms with Crippen LogP contribution in [0.15, 0.2) is 57.4 Å². The normalized spacial score (nSPS) is 14.1. The standard InChI is InChI=1S/C18H14BrNO2/c19-15-6-3-7-16-14(15)10-17(22-16)18(21)20-9-8-12-4-1-2-5-13(12)11-20/h1-7,10H,8-9,11H2. The molecular weight excluding hydrogens is 342 g/mol. The largest absolute Gasteiger partial charge is 0.451 e. The molecule has 2 heterocycles. The predicted octanol–water partition coefficient (Wildman–Crippen LogP) is 4.39. The fraction of sp³-hybridized carbons (Fsp3) is 0.167. The Morgan fingerprint density at radius 2 is 1.91 bits per heavy atom. The van der Waals surface area contributed by atoms with Crippen molar-refractivity contribution in [1.29, 1.82) is 0 Å². The number of hydrogen-bond donors (Lipinski definition) is 0. The van der Waals surface area contributed by atoms with Crippen LogP contribution in [0, 0.1) is 0 Å². The minimum absolute atomic E-state index is 0.0439. The Hall–Kier alpha value is -2.07. The van der Waals surface area contributed by atoms with Gasteiger partial charge in [-0.3, -0.25) is 4.79 Å². The number of furan rings is 1. The zero-order chi connectivity index (χ0) is 15.1. The molecule has 1 aliphatic heterocycles. The highest BCUT2D eigenvalue weighted by molar-refractivity contribution is 9.10. The molecule has 0 fully saturated rings. The zero-order valence-electron chi connectivity index (χ0n) is 11.9. The molecule has 110 valence electrons. The molecule has 2 aromatic carbocycles. The lowest BCUT2D eigenvalue weighted by Crippen LogP contribution is -2.35. The number of hydrogen-bond acceptors (Lipinski definition) is 2. The highest BCUT2D eigenvalue weighted by Gasteiger charge is 2.24. The first-order chi connectivity index (χ1) is 10.7. The second kappa shape index (κ2) is 5.29. The van der Waals surface area contributed by atoms with E-state index >= 15 is 0 Å². The zero-order valence-corrected chi connectivity index (χ0v) is 13.5. The van der Waals surface area contributed by atoms with Crippen LogP contribution in [0.2, 0.25) is 0 Å². The minimum Gasteiger partial charge on any atom is -0.451 e. The second-order valence-electron chi connectivity index (χ2n) is 5.51. The maximum Gasteiger partial charge on any atom is 0.289 e. The Labute approximate surface area is 136 Å². The van der Waals surface area contributed by atoms with Crippen molar-refractivity contribution in [3.63, 3.8) is 0 Å². The van der Waals surface area contributed by atoms with Gasteiger partial charge in [-0.2, -0.15) is 0 Å². The number of rotatable bonds is 1. The van der Waals surface area contributed by atoms with Crippen molar-refractivity contribution < 1.29 is 9.21 Å². The fourth-order valence-electron chi connectivity index (χ4n) is 2.96. The molecule has 0 atom stereocenters. The summed E-state index contributed by atoms with van der Waals surface area (Å²) in [5, 5.41) is 0.934. The molecule has 1 amide bonds. The molecule has 1 aliphatic rings. The van der Waals surface area contributed by atoms with Crippen molar-refractivity contribution in [2.75, 3.05) is 6.54 Å². The summed E-state index contributed by atoms with van der Waals surface area (Å²) in [6.07, 6.45) is 0.895. The Balaban J connectivity index is 1.65. The van der Waals surface area contributed by atoms with E-state index in [0.29, 0.717) is 12.3 Å². The summed E-state index contributed by atoms with van der Waals surface area (Å²) in [4.78, 5) is 14.6. The highest BCUT2D eigenvalue weighted by atomic mass is 79.9. The van der Waals surface area contributed by atoms with Crippen molar-refractivity contribution in [3.05, 3.63) is 69.9 Å². The molecule has 0 bridgehead atoms. The van der Waals surface area contributed by atoms with Crippen LogP contribution in [-0.4, -0.2) is 17.4 Å². The third kappa shape index (κ3) is 2.24. The fourth-order valence-corrected chi connectivity index (χ4v) is 3.42. The Morgan fingerprint density at radius 1 is 1.09 bits per heavy atom. The van der Waals surface area contributed by atoms with Crippen molar-refractivity contribution >= 4 is 32.8 Å². The first-order valence-electron chi connectivity index (χ1n) is 7.26. The maximum absolute atomic E-state index is 12.7. The number of fused-ring (bicyclic) bond motifs is 2. The molecule has 0 spiro atoms. The van der Waals surface area contributed by atoms with Gasteiger partial charge in [0.15, 0.2) is 5.76 Å². The van der Waals surface area contributed by atoms with Crippen LogP contribution in [0.3, 0.4) is 0 Å². The van der Waals surface area contributed by atoms with Crippen LogP contribution < -0.4 is 0 Å². The van der Waals surface area contributed by atoms with Gasteiger partial charge < -0.3 is 9.32 Å². The molecule has 22 heavy (non-hydrogen) atoms. The summed E-state index contributed by atoms with van der Waals surface area (Å²) < 4.78 is 6.67. The van der Waals surface area contributed by atoms with Gasteiger partial charge >= 0.3 is 0 Å². The van der Waals surface area contributed by atoms with Crippen LogP contribution in [0.4, 0.5) is 0 Å².